The zero-order valence-corrected chi connectivity index (χ0v) is 9.85. The summed E-state index contributed by atoms with van der Waals surface area (Å²) in [5.74, 6) is 0. The van der Waals surface area contributed by atoms with Gasteiger partial charge in [-0.2, -0.15) is 13.2 Å². The summed E-state index contributed by atoms with van der Waals surface area (Å²) in [6.45, 7) is 0.688. The van der Waals surface area contributed by atoms with E-state index in [0.29, 0.717) is 12.8 Å². The van der Waals surface area contributed by atoms with E-state index in [2.05, 4.69) is 10.1 Å². The van der Waals surface area contributed by atoms with Gasteiger partial charge >= 0.3 is 6.18 Å². The lowest BCUT2D eigenvalue weighted by molar-refractivity contribution is -0.174. The molecule has 1 unspecified atom stereocenters. The molecule has 0 aliphatic carbocycles. The van der Waals surface area contributed by atoms with Crippen LogP contribution in [0.2, 0.25) is 0 Å². The van der Waals surface area contributed by atoms with Crippen molar-refractivity contribution in [3.63, 3.8) is 0 Å². The molecule has 0 bridgehead atoms. The number of rotatable bonds is 6. The van der Waals surface area contributed by atoms with Crippen LogP contribution < -0.4 is 5.32 Å². The molecule has 17 heavy (non-hydrogen) atoms. The van der Waals surface area contributed by atoms with Crippen molar-refractivity contribution < 1.29 is 23.0 Å². The fraction of sp³-hybridized carbons (Fsp3) is 1.00. The maximum absolute atomic E-state index is 11.8. The van der Waals surface area contributed by atoms with Crippen molar-refractivity contribution in [1.82, 2.24) is 5.32 Å². The third kappa shape index (κ3) is 5.70. The molecule has 0 spiro atoms. The topological polar surface area (TPSA) is 41.5 Å². The number of ether oxygens (including phenoxy) is 1. The van der Waals surface area contributed by atoms with Crippen molar-refractivity contribution in [1.29, 1.82) is 0 Å². The Labute approximate surface area is 99.3 Å². The highest BCUT2D eigenvalue weighted by atomic mass is 19.4. The number of piperidine rings is 1. The average Bonchev–Trinajstić information content (AvgIpc) is 2.28. The molecule has 1 saturated heterocycles. The number of aliphatic hydroxyl groups is 1. The first-order valence-corrected chi connectivity index (χ1v) is 5.94. The van der Waals surface area contributed by atoms with Crippen LogP contribution in [0.15, 0.2) is 0 Å². The molecule has 1 aliphatic heterocycles. The summed E-state index contributed by atoms with van der Waals surface area (Å²) in [6, 6.07) is 0. The van der Waals surface area contributed by atoms with Crippen LogP contribution in [-0.2, 0) is 4.74 Å². The van der Waals surface area contributed by atoms with Gasteiger partial charge in [-0.1, -0.05) is 0 Å². The number of alkyl halides is 3. The Kier molecular flexibility index (Phi) is 5.69. The van der Waals surface area contributed by atoms with Gasteiger partial charge in [0.05, 0.1) is 0 Å². The molecule has 0 aromatic carbocycles. The van der Waals surface area contributed by atoms with Gasteiger partial charge in [0.1, 0.15) is 6.61 Å². The minimum atomic E-state index is -4.25. The summed E-state index contributed by atoms with van der Waals surface area (Å²) >= 11 is 0. The first kappa shape index (κ1) is 14.7. The first-order valence-electron chi connectivity index (χ1n) is 5.94. The van der Waals surface area contributed by atoms with Crippen LogP contribution in [0, 0.1) is 5.41 Å². The second kappa shape index (κ2) is 6.56. The predicted molar refractivity (Wildman–Crippen MR) is 57.7 cm³/mol. The molecule has 0 radical (unpaired) electrons. The minimum Gasteiger partial charge on any atom is -0.396 e. The SMILES string of the molecule is OCC1(CCCOCC(F)(F)F)CCCNC1. The molecule has 1 atom stereocenters. The lowest BCUT2D eigenvalue weighted by atomic mass is 9.78. The molecular formula is C11H20F3NO2. The van der Waals surface area contributed by atoms with Gasteiger partial charge in [0.2, 0.25) is 0 Å². The number of nitrogens with one attached hydrogen (secondary N) is 1. The number of halogens is 3. The van der Waals surface area contributed by atoms with Crippen molar-refractivity contribution in [3.05, 3.63) is 0 Å². The Balaban J connectivity index is 2.15. The molecule has 102 valence electrons. The number of aliphatic hydroxyl groups excluding tert-OH is 1. The smallest absolute Gasteiger partial charge is 0.396 e. The molecule has 1 heterocycles. The van der Waals surface area contributed by atoms with Gasteiger partial charge in [0, 0.05) is 25.2 Å². The van der Waals surface area contributed by atoms with E-state index < -0.39 is 12.8 Å². The molecule has 2 N–H and O–H groups in total. The zero-order chi connectivity index (χ0) is 12.8. The van der Waals surface area contributed by atoms with Crippen LogP contribution >= 0.6 is 0 Å². The molecule has 0 amide bonds. The van der Waals surface area contributed by atoms with Gasteiger partial charge in [0.25, 0.3) is 0 Å². The number of hydrogen-bond acceptors (Lipinski definition) is 3. The molecular weight excluding hydrogens is 235 g/mol. The minimum absolute atomic E-state index is 0.0826. The van der Waals surface area contributed by atoms with Gasteiger partial charge in [-0.15, -0.1) is 0 Å². The maximum atomic E-state index is 11.8. The third-order valence-electron chi connectivity index (χ3n) is 3.16. The van der Waals surface area contributed by atoms with Crippen LogP contribution in [0.4, 0.5) is 13.2 Å². The summed E-state index contributed by atoms with van der Waals surface area (Å²) in [4.78, 5) is 0. The van der Waals surface area contributed by atoms with Gasteiger partial charge in [-0.3, -0.25) is 0 Å². The first-order chi connectivity index (χ1) is 7.97. The summed E-state index contributed by atoms with van der Waals surface area (Å²) in [7, 11) is 0. The van der Waals surface area contributed by atoms with E-state index in [1.807, 2.05) is 0 Å². The van der Waals surface area contributed by atoms with Gasteiger partial charge in [-0.25, -0.2) is 0 Å². The van der Waals surface area contributed by atoms with Crippen molar-refractivity contribution in [2.24, 2.45) is 5.41 Å². The number of hydrogen-bond donors (Lipinski definition) is 2. The van der Waals surface area contributed by atoms with Crippen molar-refractivity contribution >= 4 is 0 Å². The second-order valence-electron chi connectivity index (χ2n) is 4.71. The molecule has 6 heteroatoms. The highest BCUT2D eigenvalue weighted by Crippen LogP contribution is 2.30. The van der Waals surface area contributed by atoms with Gasteiger partial charge in [0.15, 0.2) is 0 Å². The van der Waals surface area contributed by atoms with Gasteiger partial charge in [-0.05, 0) is 32.2 Å². The molecule has 1 fully saturated rings. The van der Waals surface area contributed by atoms with E-state index in [9.17, 15) is 18.3 Å². The van der Waals surface area contributed by atoms with Gasteiger partial charge < -0.3 is 15.2 Å². The highest BCUT2D eigenvalue weighted by molar-refractivity contribution is 4.84. The Bertz CT molecular complexity index is 215. The van der Waals surface area contributed by atoms with E-state index in [1.54, 1.807) is 0 Å². The molecule has 3 nitrogen and oxygen atoms in total. The van der Waals surface area contributed by atoms with E-state index in [4.69, 9.17) is 0 Å². The Morgan fingerprint density at radius 2 is 2.12 bits per heavy atom. The monoisotopic (exact) mass is 255 g/mol. The lowest BCUT2D eigenvalue weighted by Crippen LogP contribution is -2.42. The summed E-state index contributed by atoms with van der Waals surface area (Å²) in [5, 5.41) is 12.6. The fourth-order valence-corrected chi connectivity index (χ4v) is 2.19. The normalized spacial score (nSPS) is 26.1. The second-order valence-corrected chi connectivity index (χ2v) is 4.71. The van der Waals surface area contributed by atoms with Crippen LogP contribution in [0.5, 0.6) is 0 Å². The Morgan fingerprint density at radius 3 is 2.65 bits per heavy atom. The summed E-state index contributed by atoms with van der Waals surface area (Å²) in [6.07, 6.45) is -1.06. The lowest BCUT2D eigenvalue weighted by Gasteiger charge is -2.36. The molecule has 1 aliphatic rings. The van der Waals surface area contributed by atoms with E-state index in [0.717, 1.165) is 25.9 Å². The van der Waals surface area contributed by atoms with Crippen molar-refractivity contribution in [2.75, 3.05) is 32.9 Å². The highest BCUT2D eigenvalue weighted by Gasteiger charge is 2.31. The summed E-state index contributed by atoms with van der Waals surface area (Å²) < 4.78 is 40.0. The van der Waals surface area contributed by atoms with Crippen LogP contribution in [0.25, 0.3) is 0 Å². The molecule has 0 aromatic rings. The van der Waals surface area contributed by atoms with E-state index >= 15 is 0 Å². The predicted octanol–water partition coefficient (Wildman–Crippen LogP) is 1.71. The standard InChI is InChI=1S/C11H20F3NO2/c12-11(13,14)9-17-6-2-4-10(8-16)3-1-5-15-7-10/h15-16H,1-9H2. The average molecular weight is 255 g/mol. The zero-order valence-electron chi connectivity index (χ0n) is 9.85. The van der Waals surface area contributed by atoms with E-state index in [1.165, 1.54) is 0 Å². The van der Waals surface area contributed by atoms with E-state index in [-0.39, 0.29) is 18.6 Å². The van der Waals surface area contributed by atoms with Crippen LogP contribution in [-0.4, -0.2) is 44.2 Å². The molecule has 1 rings (SSSR count). The molecule has 0 aromatic heterocycles. The van der Waals surface area contributed by atoms with Crippen molar-refractivity contribution in [2.45, 2.75) is 31.9 Å². The summed E-state index contributed by atoms with van der Waals surface area (Å²) in [5.41, 5.74) is -0.167. The molecule has 0 saturated carbocycles. The maximum Gasteiger partial charge on any atom is 0.411 e. The van der Waals surface area contributed by atoms with Crippen LogP contribution in [0.1, 0.15) is 25.7 Å². The van der Waals surface area contributed by atoms with Crippen molar-refractivity contribution in [3.8, 4) is 0 Å². The third-order valence-corrected chi connectivity index (χ3v) is 3.16. The quantitative estimate of drug-likeness (QED) is 0.710. The van der Waals surface area contributed by atoms with Crippen LogP contribution in [0.3, 0.4) is 0 Å². The Morgan fingerprint density at radius 1 is 1.35 bits per heavy atom. The largest absolute Gasteiger partial charge is 0.411 e. The fourth-order valence-electron chi connectivity index (χ4n) is 2.19. The Hall–Kier alpha value is -0.330.